The molecule has 0 aliphatic rings. The summed E-state index contributed by atoms with van der Waals surface area (Å²) >= 11 is 4.41. The van der Waals surface area contributed by atoms with E-state index in [4.69, 9.17) is 14.2 Å². The van der Waals surface area contributed by atoms with E-state index in [2.05, 4.69) is 26.0 Å². The van der Waals surface area contributed by atoms with Gasteiger partial charge in [-0.1, -0.05) is 23.5 Å². The van der Waals surface area contributed by atoms with Crippen molar-refractivity contribution in [2.45, 2.75) is 13.3 Å². The van der Waals surface area contributed by atoms with Gasteiger partial charge in [-0.2, -0.15) is 14.6 Å². The van der Waals surface area contributed by atoms with E-state index in [1.807, 2.05) is 12.1 Å². The Kier molecular flexibility index (Phi) is 6.75. The summed E-state index contributed by atoms with van der Waals surface area (Å²) in [6.45, 7) is 1.29. The van der Waals surface area contributed by atoms with Crippen LogP contribution >= 0.6 is 27.3 Å². The average molecular weight is 544 g/mol. The van der Waals surface area contributed by atoms with Crippen LogP contribution in [0.2, 0.25) is 0 Å². The fourth-order valence-corrected chi connectivity index (χ4v) is 4.65. The first kappa shape index (κ1) is 23.6. The predicted octanol–water partition coefficient (Wildman–Crippen LogP) is 2.35. The fraction of sp³-hybridized carbons (Fsp3) is 0.174. The largest absolute Gasteiger partial charge is 0.497 e. The van der Waals surface area contributed by atoms with Gasteiger partial charge in [0, 0.05) is 13.3 Å². The van der Waals surface area contributed by atoms with Crippen LogP contribution in [0.15, 0.2) is 50.5 Å². The molecule has 4 rings (SSSR count). The number of carbonyl (C=O) groups excluding carboxylic acids is 1. The summed E-state index contributed by atoms with van der Waals surface area (Å²) in [5.41, 5.74) is 0.733. The van der Waals surface area contributed by atoms with Crippen molar-refractivity contribution in [3.63, 3.8) is 0 Å². The van der Waals surface area contributed by atoms with Crippen LogP contribution in [0.1, 0.15) is 23.7 Å². The molecule has 34 heavy (non-hydrogen) atoms. The third-order valence-corrected chi connectivity index (χ3v) is 6.32. The van der Waals surface area contributed by atoms with E-state index in [9.17, 15) is 14.4 Å². The monoisotopic (exact) mass is 543 g/mol. The number of halogens is 1. The number of ether oxygens (including phenoxy) is 3. The summed E-state index contributed by atoms with van der Waals surface area (Å²) in [6.07, 6.45) is 1.86. The molecule has 0 N–H and O–H groups in total. The van der Waals surface area contributed by atoms with Gasteiger partial charge in [0.25, 0.3) is 11.1 Å². The minimum absolute atomic E-state index is 0.166. The lowest BCUT2D eigenvalue weighted by molar-refractivity contribution is -0.132. The van der Waals surface area contributed by atoms with E-state index < -0.39 is 17.1 Å². The van der Waals surface area contributed by atoms with Gasteiger partial charge in [-0.25, -0.2) is 0 Å². The quantitative estimate of drug-likeness (QED) is 0.269. The van der Waals surface area contributed by atoms with Gasteiger partial charge in [-0.05, 0) is 57.4 Å². The second-order valence-corrected chi connectivity index (χ2v) is 8.99. The molecule has 0 atom stereocenters. The van der Waals surface area contributed by atoms with Gasteiger partial charge in [0.15, 0.2) is 11.5 Å². The number of thiazole rings is 1. The highest BCUT2D eigenvalue weighted by molar-refractivity contribution is 9.10. The zero-order valence-corrected chi connectivity index (χ0v) is 20.7. The summed E-state index contributed by atoms with van der Waals surface area (Å²) in [5.74, 6) is 0.764. The smallest absolute Gasteiger partial charge is 0.308 e. The van der Waals surface area contributed by atoms with Crippen LogP contribution in [0, 0.1) is 0 Å². The van der Waals surface area contributed by atoms with Crippen molar-refractivity contribution < 1.29 is 19.0 Å². The summed E-state index contributed by atoms with van der Waals surface area (Å²) in [6, 6.07) is 10.5. The van der Waals surface area contributed by atoms with Crippen molar-refractivity contribution >= 4 is 44.3 Å². The molecule has 4 aromatic rings. The van der Waals surface area contributed by atoms with E-state index >= 15 is 0 Å². The van der Waals surface area contributed by atoms with E-state index in [1.165, 1.54) is 14.0 Å². The van der Waals surface area contributed by atoms with E-state index in [-0.39, 0.29) is 22.8 Å². The molecule has 0 spiro atoms. The molecule has 9 nitrogen and oxygen atoms in total. The van der Waals surface area contributed by atoms with E-state index in [0.29, 0.717) is 26.1 Å². The minimum atomic E-state index is -0.491. The molecule has 0 aliphatic heterocycles. The average Bonchev–Trinajstić information content (AvgIpc) is 3.10. The standard InChI is InChI=1S/C23H18BrN3O6S/c1-12(28)33-20-16(24)8-14(10-18(20)32-3)11-19-22(30)27-23(34-19)25-21(29)17(26-27)9-13-4-6-15(31-2)7-5-13/h4-8,10-11H,9H2,1-3H3/b19-11-. The van der Waals surface area contributed by atoms with Crippen LogP contribution in [0.4, 0.5) is 0 Å². The van der Waals surface area contributed by atoms with Gasteiger partial charge in [0.1, 0.15) is 11.4 Å². The second kappa shape index (κ2) is 9.74. The maximum absolute atomic E-state index is 13.0. The molecule has 0 radical (unpaired) electrons. The number of nitrogens with zero attached hydrogens (tertiary/aromatic N) is 3. The van der Waals surface area contributed by atoms with Crippen molar-refractivity contribution in [1.29, 1.82) is 0 Å². The number of aromatic nitrogens is 3. The van der Waals surface area contributed by atoms with E-state index in [0.717, 1.165) is 21.4 Å². The van der Waals surface area contributed by atoms with Crippen molar-refractivity contribution in [3.8, 4) is 17.2 Å². The zero-order valence-electron chi connectivity index (χ0n) is 18.3. The highest BCUT2D eigenvalue weighted by Gasteiger charge is 2.15. The number of benzene rings is 2. The Labute approximate surface area is 205 Å². The van der Waals surface area contributed by atoms with Gasteiger partial charge >= 0.3 is 5.97 Å². The molecule has 0 fully saturated rings. The van der Waals surface area contributed by atoms with Crippen LogP contribution in [-0.2, 0) is 11.2 Å². The summed E-state index contributed by atoms with van der Waals surface area (Å²) in [7, 11) is 3.02. The molecule has 0 amide bonds. The molecule has 0 bridgehead atoms. The van der Waals surface area contributed by atoms with Crippen molar-refractivity contribution in [1.82, 2.24) is 14.6 Å². The zero-order chi connectivity index (χ0) is 24.4. The first-order chi connectivity index (χ1) is 16.3. The molecule has 2 heterocycles. The van der Waals surface area contributed by atoms with Gasteiger partial charge in [-0.3, -0.25) is 14.4 Å². The highest BCUT2D eigenvalue weighted by atomic mass is 79.9. The molecule has 0 saturated heterocycles. The molecule has 0 aliphatic carbocycles. The molecular formula is C23H18BrN3O6S. The lowest BCUT2D eigenvalue weighted by Gasteiger charge is -2.10. The Balaban J connectivity index is 1.75. The van der Waals surface area contributed by atoms with Gasteiger partial charge in [0.05, 0.1) is 23.2 Å². The fourth-order valence-electron chi connectivity index (χ4n) is 3.21. The SMILES string of the molecule is COc1ccc(Cc2nn3c(=O)/c(=C/c4cc(Br)c(OC(C)=O)c(OC)c4)sc3nc2=O)cc1. The number of carbonyl (C=O) groups is 1. The molecule has 0 unspecified atom stereocenters. The van der Waals surface area contributed by atoms with Crippen LogP contribution in [0.25, 0.3) is 11.0 Å². The Morgan fingerprint density at radius 2 is 1.88 bits per heavy atom. The molecule has 0 saturated carbocycles. The van der Waals surface area contributed by atoms with Crippen LogP contribution in [0.5, 0.6) is 17.2 Å². The maximum Gasteiger partial charge on any atom is 0.308 e. The number of esters is 1. The van der Waals surface area contributed by atoms with Crippen molar-refractivity contribution in [2.24, 2.45) is 0 Å². The van der Waals surface area contributed by atoms with Crippen LogP contribution in [-0.4, -0.2) is 34.8 Å². The predicted molar refractivity (Wildman–Crippen MR) is 130 cm³/mol. The van der Waals surface area contributed by atoms with Crippen molar-refractivity contribution in [3.05, 3.63) is 82.9 Å². The number of rotatable bonds is 6. The minimum Gasteiger partial charge on any atom is -0.497 e. The Hall–Kier alpha value is -3.57. The third kappa shape index (κ3) is 4.85. The first-order valence-corrected chi connectivity index (χ1v) is 11.5. The van der Waals surface area contributed by atoms with Crippen LogP contribution in [0.3, 0.4) is 0 Å². The third-order valence-electron chi connectivity index (χ3n) is 4.78. The van der Waals surface area contributed by atoms with Gasteiger partial charge < -0.3 is 14.2 Å². The lowest BCUT2D eigenvalue weighted by atomic mass is 10.1. The Bertz CT molecular complexity index is 1560. The summed E-state index contributed by atoms with van der Waals surface area (Å²) in [5, 5.41) is 4.27. The lowest BCUT2D eigenvalue weighted by Crippen LogP contribution is -2.28. The number of hydrogen-bond acceptors (Lipinski definition) is 9. The first-order valence-electron chi connectivity index (χ1n) is 9.92. The molecular weight excluding hydrogens is 526 g/mol. The molecule has 174 valence electrons. The number of hydrogen-bond donors (Lipinski definition) is 0. The Morgan fingerprint density at radius 1 is 1.15 bits per heavy atom. The molecule has 2 aromatic heterocycles. The van der Waals surface area contributed by atoms with Gasteiger partial charge in [-0.15, -0.1) is 0 Å². The second-order valence-electron chi connectivity index (χ2n) is 7.13. The maximum atomic E-state index is 13.0. The van der Waals surface area contributed by atoms with E-state index in [1.54, 1.807) is 37.5 Å². The molecule has 2 aromatic carbocycles. The number of fused-ring (bicyclic) bond motifs is 1. The van der Waals surface area contributed by atoms with Crippen molar-refractivity contribution in [2.75, 3.05) is 14.2 Å². The summed E-state index contributed by atoms with van der Waals surface area (Å²) < 4.78 is 17.6. The molecule has 11 heteroatoms. The van der Waals surface area contributed by atoms with Crippen LogP contribution < -0.4 is 29.9 Å². The summed E-state index contributed by atoms with van der Waals surface area (Å²) in [4.78, 5) is 41.1. The number of methoxy groups -OCH3 is 2. The normalized spacial score (nSPS) is 11.6. The Morgan fingerprint density at radius 3 is 2.53 bits per heavy atom. The topological polar surface area (TPSA) is 109 Å². The highest BCUT2D eigenvalue weighted by Crippen LogP contribution is 2.37. The van der Waals surface area contributed by atoms with Gasteiger partial charge in [0.2, 0.25) is 4.96 Å².